The molecule has 1 fully saturated rings. The van der Waals surface area contributed by atoms with Gasteiger partial charge in [-0.3, -0.25) is 14.4 Å². The highest BCUT2D eigenvalue weighted by Gasteiger charge is 2.36. The molecule has 0 aromatic heterocycles. The Morgan fingerprint density at radius 1 is 0.775 bits per heavy atom. The van der Waals surface area contributed by atoms with E-state index in [4.69, 9.17) is 9.47 Å². The average molecular weight is 558 g/mol. The van der Waals surface area contributed by atoms with E-state index >= 15 is 0 Å². The summed E-state index contributed by atoms with van der Waals surface area (Å²) in [6.07, 6.45) is -0.771. The highest BCUT2D eigenvalue weighted by Crippen LogP contribution is 2.17. The molecule has 4 atom stereocenters. The number of amides is 3. The van der Waals surface area contributed by atoms with Gasteiger partial charge in [0.25, 0.3) is 5.91 Å². The minimum Gasteiger partial charge on any atom is -0.450 e. The summed E-state index contributed by atoms with van der Waals surface area (Å²) in [5, 5.41) is 7.99. The van der Waals surface area contributed by atoms with E-state index in [1.165, 1.54) is 6.08 Å². The molecule has 10 heteroatoms. The van der Waals surface area contributed by atoms with Crippen LogP contribution >= 0.6 is 0 Å². The summed E-state index contributed by atoms with van der Waals surface area (Å²) in [7, 11) is 0. The first kappa shape index (κ1) is 32.5. The Hall–Kier alpha value is -3.69. The number of allylic oxidation sites excluding steroid dienone is 1. The number of hydrogen-bond donors (Lipinski definition) is 3. The van der Waals surface area contributed by atoms with Crippen LogP contribution in [0.1, 0.15) is 66.9 Å². The molecule has 40 heavy (non-hydrogen) atoms. The summed E-state index contributed by atoms with van der Waals surface area (Å²) in [4.78, 5) is 66.5. The third kappa shape index (κ3) is 9.81. The van der Waals surface area contributed by atoms with Gasteiger partial charge in [0.2, 0.25) is 17.9 Å². The second kappa shape index (κ2) is 15.2. The standard InChI is InChI=1S/C30H43N3O7/c1-8-21-29(37)40-24(16-20-12-10-9-11-13-20)30(38)39-23(15-18(4)5)27(35)32-22(14-17(2)3)26(34)33-25(19(6)7)28(36)31-21/h8-13,17-19,22-25H,14-16H2,1-7H3,(H,31,36)(H,32,35)(H,33,34)/b21-8+/t22-,23+,24+,25+/m1/s1. The Kier molecular flexibility index (Phi) is 12.4. The summed E-state index contributed by atoms with van der Waals surface area (Å²) in [5.41, 5.74) is 0.523. The Balaban J connectivity index is 2.56. The number of carbonyl (C=O) groups is 5. The Labute approximate surface area is 236 Å². The van der Waals surface area contributed by atoms with Crippen molar-refractivity contribution in [3.05, 3.63) is 47.7 Å². The Bertz CT molecular complexity index is 1080. The van der Waals surface area contributed by atoms with Crippen LogP contribution in [0.4, 0.5) is 0 Å². The quantitative estimate of drug-likeness (QED) is 0.346. The summed E-state index contributed by atoms with van der Waals surface area (Å²) < 4.78 is 11.2. The van der Waals surface area contributed by atoms with Crippen molar-refractivity contribution in [1.82, 2.24) is 16.0 Å². The molecule has 1 aliphatic rings. The van der Waals surface area contributed by atoms with Crippen molar-refractivity contribution in [3.63, 3.8) is 0 Å². The van der Waals surface area contributed by atoms with Crippen molar-refractivity contribution in [3.8, 4) is 0 Å². The zero-order valence-electron chi connectivity index (χ0n) is 24.5. The van der Waals surface area contributed by atoms with Crippen molar-refractivity contribution >= 4 is 29.7 Å². The summed E-state index contributed by atoms with van der Waals surface area (Å²) in [5.74, 6) is -3.99. The van der Waals surface area contributed by atoms with Crippen molar-refractivity contribution in [2.24, 2.45) is 17.8 Å². The van der Waals surface area contributed by atoms with Crippen LogP contribution in [-0.4, -0.2) is 54.0 Å². The molecule has 0 bridgehead atoms. The molecule has 0 saturated carbocycles. The van der Waals surface area contributed by atoms with Gasteiger partial charge in [0.05, 0.1) is 0 Å². The van der Waals surface area contributed by atoms with E-state index in [0.717, 1.165) is 0 Å². The molecule has 220 valence electrons. The molecular formula is C30H43N3O7. The first-order valence-electron chi connectivity index (χ1n) is 13.9. The van der Waals surface area contributed by atoms with Crippen LogP contribution in [0.15, 0.2) is 42.1 Å². The van der Waals surface area contributed by atoms with E-state index in [1.807, 2.05) is 33.8 Å². The van der Waals surface area contributed by atoms with Crippen molar-refractivity contribution < 1.29 is 33.4 Å². The van der Waals surface area contributed by atoms with Crippen LogP contribution in [0.25, 0.3) is 0 Å². The van der Waals surface area contributed by atoms with E-state index in [-0.39, 0.29) is 36.3 Å². The minimum atomic E-state index is -1.39. The molecule has 0 radical (unpaired) electrons. The van der Waals surface area contributed by atoms with Gasteiger partial charge in [-0.05, 0) is 43.1 Å². The van der Waals surface area contributed by atoms with Gasteiger partial charge in [-0.2, -0.15) is 0 Å². The van der Waals surface area contributed by atoms with Crippen LogP contribution in [0.3, 0.4) is 0 Å². The van der Waals surface area contributed by atoms with E-state index in [1.54, 1.807) is 45.0 Å². The molecule has 1 aliphatic heterocycles. The van der Waals surface area contributed by atoms with Gasteiger partial charge in [-0.1, -0.05) is 78.0 Å². The molecule has 1 aromatic carbocycles. The molecule has 1 aromatic rings. The highest BCUT2D eigenvalue weighted by atomic mass is 16.6. The summed E-state index contributed by atoms with van der Waals surface area (Å²) >= 11 is 0. The fourth-order valence-corrected chi connectivity index (χ4v) is 4.25. The third-order valence-corrected chi connectivity index (χ3v) is 6.37. The first-order chi connectivity index (χ1) is 18.8. The highest BCUT2D eigenvalue weighted by molar-refractivity contribution is 5.99. The lowest BCUT2D eigenvalue weighted by molar-refractivity contribution is -0.172. The van der Waals surface area contributed by atoms with Crippen LogP contribution in [0.5, 0.6) is 0 Å². The fraction of sp³-hybridized carbons (Fsp3) is 0.567. The van der Waals surface area contributed by atoms with Crippen LogP contribution < -0.4 is 16.0 Å². The van der Waals surface area contributed by atoms with Crippen LogP contribution in [0.2, 0.25) is 0 Å². The minimum absolute atomic E-state index is 0.00297. The molecule has 2 rings (SSSR count). The van der Waals surface area contributed by atoms with Crippen molar-refractivity contribution in [2.75, 3.05) is 0 Å². The topological polar surface area (TPSA) is 140 Å². The van der Waals surface area contributed by atoms with E-state index in [0.29, 0.717) is 12.0 Å². The zero-order chi connectivity index (χ0) is 30.0. The molecule has 10 nitrogen and oxygen atoms in total. The fourth-order valence-electron chi connectivity index (χ4n) is 4.25. The van der Waals surface area contributed by atoms with Crippen LogP contribution in [0, 0.1) is 17.8 Å². The predicted molar refractivity (Wildman–Crippen MR) is 149 cm³/mol. The van der Waals surface area contributed by atoms with Gasteiger partial charge in [-0.25, -0.2) is 9.59 Å². The zero-order valence-corrected chi connectivity index (χ0v) is 24.5. The second-order valence-corrected chi connectivity index (χ2v) is 11.3. The Morgan fingerprint density at radius 3 is 1.95 bits per heavy atom. The molecule has 0 spiro atoms. The van der Waals surface area contributed by atoms with Gasteiger partial charge in [0, 0.05) is 6.42 Å². The van der Waals surface area contributed by atoms with Gasteiger partial charge in [-0.15, -0.1) is 0 Å². The number of cyclic esters (lactones) is 2. The van der Waals surface area contributed by atoms with Crippen molar-refractivity contribution in [1.29, 1.82) is 0 Å². The number of nitrogens with one attached hydrogen (secondary N) is 3. The summed E-state index contributed by atoms with van der Waals surface area (Å²) in [6, 6.07) is 6.95. The van der Waals surface area contributed by atoms with E-state index in [9.17, 15) is 24.0 Å². The number of benzene rings is 1. The first-order valence-corrected chi connectivity index (χ1v) is 13.9. The smallest absolute Gasteiger partial charge is 0.355 e. The second-order valence-electron chi connectivity index (χ2n) is 11.3. The number of rotatable bonds is 7. The molecule has 3 N–H and O–H groups in total. The maximum atomic E-state index is 13.4. The molecular weight excluding hydrogens is 514 g/mol. The van der Waals surface area contributed by atoms with Gasteiger partial charge in [0.1, 0.15) is 17.8 Å². The molecule has 0 unspecified atom stereocenters. The molecule has 0 aliphatic carbocycles. The van der Waals surface area contributed by atoms with Crippen LogP contribution in [-0.2, 0) is 39.9 Å². The number of carbonyl (C=O) groups excluding carboxylic acids is 5. The maximum Gasteiger partial charge on any atom is 0.355 e. The van der Waals surface area contributed by atoms with Gasteiger partial charge >= 0.3 is 11.9 Å². The number of ether oxygens (including phenoxy) is 2. The third-order valence-electron chi connectivity index (χ3n) is 6.37. The lowest BCUT2D eigenvalue weighted by Crippen LogP contribution is -2.57. The van der Waals surface area contributed by atoms with Gasteiger partial charge < -0.3 is 25.4 Å². The predicted octanol–water partition coefficient (Wildman–Crippen LogP) is 2.80. The lowest BCUT2D eigenvalue weighted by Gasteiger charge is -2.27. The monoisotopic (exact) mass is 557 g/mol. The van der Waals surface area contributed by atoms with E-state index in [2.05, 4.69) is 16.0 Å². The lowest BCUT2D eigenvalue weighted by atomic mass is 9.99. The molecule has 3 amide bonds. The van der Waals surface area contributed by atoms with Gasteiger partial charge in [0.15, 0.2) is 6.10 Å². The van der Waals surface area contributed by atoms with E-state index < -0.39 is 54.0 Å². The summed E-state index contributed by atoms with van der Waals surface area (Å²) in [6.45, 7) is 12.6. The largest absolute Gasteiger partial charge is 0.450 e. The Morgan fingerprint density at radius 2 is 1.40 bits per heavy atom. The number of hydrogen-bond acceptors (Lipinski definition) is 7. The average Bonchev–Trinajstić information content (AvgIpc) is 2.88. The SMILES string of the molecule is C/C=C1/NC(=O)[C@H](C(C)C)NC(=O)[C@@H](CC(C)C)NC(=O)[C@H](CC(C)C)OC(=O)[C@H](Cc2ccccc2)OC1=O. The maximum absolute atomic E-state index is 13.4. The van der Waals surface area contributed by atoms with Crippen molar-refractivity contribution in [2.45, 2.75) is 92.0 Å². The number of esters is 2. The normalized spacial score (nSPS) is 24.6. The molecule has 1 saturated heterocycles. The molecule has 1 heterocycles.